The van der Waals surface area contributed by atoms with Crippen LogP contribution in [-0.4, -0.2) is 37.6 Å². The van der Waals surface area contributed by atoms with Gasteiger partial charge in [-0.1, -0.05) is 133 Å². The van der Waals surface area contributed by atoms with Crippen LogP contribution in [0.5, 0.6) is 0 Å². The van der Waals surface area contributed by atoms with Gasteiger partial charge in [-0.2, -0.15) is 0 Å². The minimum atomic E-state index is -0.324. The first-order valence-corrected chi connectivity index (χ1v) is 21.7. The minimum Gasteiger partial charge on any atom is -0.237 e. The van der Waals surface area contributed by atoms with Crippen LogP contribution in [0.1, 0.15) is 148 Å². The SMILES string of the molecule is C[C@@H](C1=C(P(C2CCCCC2)C2CCCCC2)CC=C1)n1nnc(-c2ccccc2)c1P(C1CCCCC1)C1CCCCC1. The fourth-order valence-electron chi connectivity index (χ4n) is 9.67. The average Bonchev–Trinajstić information content (AvgIpc) is 3.76. The molecule has 5 aliphatic rings. The van der Waals surface area contributed by atoms with Crippen molar-refractivity contribution in [1.29, 1.82) is 0 Å². The maximum Gasteiger partial charge on any atom is 0.120 e. The molecule has 4 fully saturated rings. The predicted octanol–water partition coefficient (Wildman–Crippen LogP) is 11.6. The Kier molecular flexibility index (Phi) is 10.7. The second kappa shape index (κ2) is 15.1. The Morgan fingerprint density at radius 3 is 1.61 bits per heavy atom. The van der Waals surface area contributed by atoms with Crippen LogP contribution in [-0.2, 0) is 0 Å². The van der Waals surface area contributed by atoms with Crippen molar-refractivity contribution in [1.82, 2.24) is 15.0 Å². The summed E-state index contributed by atoms with van der Waals surface area (Å²) in [6, 6.07) is 11.4. The summed E-state index contributed by atoms with van der Waals surface area (Å²) in [4.78, 5) is 0. The van der Waals surface area contributed by atoms with Gasteiger partial charge in [-0.25, -0.2) is 4.68 Å². The summed E-state index contributed by atoms with van der Waals surface area (Å²) in [6.07, 6.45) is 35.2. The lowest BCUT2D eigenvalue weighted by molar-refractivity contribution is 0.484. The number of nitrogens with zero attached hydrogens (tertiary/aromatic N) is 3. The fraction of sp³-hybridized carbons (Fsp3) is 0.692. The van der Waals surface area contributed by atoms with Crippen LogP contribution < -0.4 is 5.44 Å². The van der Waals surface area contributed by atoms with E-state index in [0.717, 1.165) is 22.6 Å². The molecule has 0 spiro atoms. The van der Waals surface area contributed by atoms with E-state index < -0.39 is 0 Å². The normalized spacial score (nSPS) is 24.2. The van der Waals surface area contributed by atoms with Crippen molar-refractivity contribution in [3.8, 4) is 11.3 Å². The van der Waals surface area contributed by atoms with Gasteiger partial charge in [0.2, 0.25) is 0 Å². The number of allylic oxidation sites excluding steroid dienone is 4. The van der Waals surface area contributed by atoms with Gasteiger partial charge in [-0.05, 0) is 106 Å². The molecule has 2 aromatic rings. The zero-order chi connectivity index (χ0) is 29.7. The summed E-state index contributed by atoms with van der Waals surface area (Å²) in [5.74, 6) is 0. The van der Waals surface area contributed by atoms with E-state index in [4.69, 9.17) is 10.3 Å². The highest BCUT2D eigenvalue weighted by Crippen LogP contribution is 2.64. The zero-order valence-corrected chi connectivity index (χ0v) is 29.3. The second-order valence-corrected chi connectivity index (χ2v) is 20.3. The minimum absolute atomic E-state index is 0.0856. The van der Waals surface area contributed by atoms with Crippen LogP contribution in [0.3, 0.4) is 0 Å². The second-order valence-electron chi connectivity index (χ2n) is 14.7. The first-order chi connectivity index (χ1) is 21.8. The third-order valence-corrected chi connectivity index (χ3v) is 19.1. The van der Waals surface area contributed by atoms with E-state index in [-0.39, 0.29) is 21.9 Å². The van der Waals surface area contributed by atoms with Crippen molar-refractivity contribution >= 4 is 21.3 Å². The summed E-state index contributed by atoms with van der Waals surface area (Å²) >= 11 is 0. The number of hydrogen-bond acceptors (Lipinski definition) is 2. The summed E-state index contributed by atoms with van der Waals surface area (Å²) in [5.41, 5.74) is 9.27. The van der Waals surface area contributed by atoms with Gasteiger partial charge in [0, 0.05) is 5.56 Å². The Hall–Kier alpha value is -1.30. The molecule has 1 heterocycles. The van der Waals surface area contributed by atoms with Crippen LogP contribution in [0.15, 0.2) is 53.4 Å². The standard InChI is InChI=1S/C39H57N3P2/c1-30(36-28-17-29-37(36)43(32-20-9-3-10-21-32)33-22-11-4-12-23-33)42-39(38(40-41-42)31-18-7-2-8-19-31)44(34-24-13-5-14-25-34)35-26-15-6-16-27-35/h2,7-8,17-19,28,30,32-35H,3-6,9-16,20-27,29H2,1H3/t30-/m0/s1. The van der Waals surface area contributed by atoms with Gasteiger partial charge in [0.25, 0.3) is 0 Å². The molecule has 3 nitrogen and oxygen atoms in total. The smallest absolute Gasteiger partial charge is 0.120 e. The van der Waals surface area contributed by atoms with Crippen LogP contribution in [0.2, 0.25) is 0 Å². The molecule has 238 valence electrons. The molecule has 0 amide bonds. The number of hydrogen-bond donors (Lipinski definition) is 0. The topological polar surface area (TPSA) is 30.7 Å². The third-order valence-electron chi connectivity index (χ3n) is 11.9. The Labute approximate surface area is 270 Å². The van der Waals surface area contributed by atoms with Gasteiger partial charge in [0.1, 0.15) is 5.69 Å². The van der Waals surface area contributed by atoms with Crippen LogP contribution in [0.25, 0.3) is 11.3 Å². The summed E-state index contributed by atoms with van der Waals surface area (Å²) in [6.45, 7) is 2.50. The largest absolute Gasteiger partial charge is 0.237 e. The maximum absolute atomic E-state index is 5.19. The highest BCUT2D eigenvalue weighted by molar-refractivity contribution is 7.67. The lowest BCUT2D eigenvalue weighted by Gasteiger charge is -2.41. The summed E-state index contributed by atoms with van der Waals surface area (Å²) < 4.78 is 2.53. The Bertz CT molecular complexity index is 1220. The lowest BCUT2D eigenvalue weighted by atomic mass is 9.99. The molecular weight excluding hydrogens is 572 g/mol. The molecule has 1 aromatic carbocycles. The predicted molar refractivity (Wildman–Crippen MR) is 192 cm³/mol. The fourth-order valence-corrected chi connectivity index (χ4v) is 17.9. The molecule has 7 rings (SSSR count). The molecule has 1 atom stereocenters. The molecule has 0 bridgehead atoms. The molecule has 0 aliphatic heterocycles. The average molecular weight is 630 g/mol. The van der Waals surface area contributed by atoms with Crippen molar-refractivity contribution in [2.45, 2.75) is 170 Å². The summed E-state index contributed by atoms with van der Waals surface area (Å²) in [7, 11) is -0.410. The Morgan fingerprint density at radius 2 is 1.11 bits per heavy atom. The van der Waals surface area contributed by atoms with Gasteiger partial charge in [-0.3, -0.25) is 0 Å². The highest BCUT2D eigenvalue weighted by Gasteiger charge is 2.40. The highest BCUT2D eigenvalue weighted by atomic mass is 31.1. The van der Waals surface area contributed by atoms with Gasteiger partial charge >= 0.3 is 0 Å². The monoisotopic (exact) mass is 629 g/mol. The van der Waals surface area contributed by atoms with Gasteiger partial charge < -0.3 is 0 Å². The Morgan fingerprint density at radius 1 is 0.636 bits per heavy atom. The number of benzene rings is 1. The van der Waals surface area contributed by atoms with Crippen LogP contribution in [0.4, 0.5) is 0 Å². The molecule has 5 heteroatoms. The quantitative estimate of drug-likeness (QED) is 0.258. The van der Waals surface area contributed by atoms with Crippen LogP contribution in [0, 0.1) is 0 Å². The molecule has 0 N–H and O–H groups in total. The molecule has 0 saturated heterocycles. The van der Waals surface area contributed by atoms with Crippen LogP contribution >= 0.6 is 15.8 Å². The van der Waals surface area contributed by atoms with Crippen molar-refractivity contribution in [2.24, 2.45) is 0 Å². The van der Waals surface area contributed by atoms with E-state index in [0.29, 0.717) is 0 Å². The van der Waals surface area contributed by atoms with E-state index in [1.165, 1.54) is 146 Å². The lowest BCUT2D eigenvalue weighted by Crippen LogP contribution is -2.32. The van der Waals surface area contributed by atoms with Crippen molar-refractivity contribution < 1.29 is 0 Å². The van der Waals surface area contributed by atoms with Gasteiger partial charge in [0.15, 0.2) is 0 Å². The van der Waals surface area contributed by atoms with E-state index in [1.54, 1.807) is 11.0 Å². The first kappa shape index (κ1) is 31.3. The van der Waals surface area contributed by atoms with Gasteiger partial charge in [-0.15, -0.1) is 5.10 Å². The molecule has 0 unspecified atom stereocenters. The molecule has 1 aromatic heterocycles. The van der Waals surface area contributed by atoms with E-state index in [1.807, 2.05) is 5.31 Å². The maximum atomic E-state index is 5.19. The molecular formula is C39H57N3P2. The first-order valence-electron chi connectivity index (χ1n) is 18.8. The molecule has 44 heavy (non-hydrogen) atoms. The zero-order valence-electron chi connectivity index (χ0n) is 27.5. The number of rotatable bonds is 9. The van der Waals surface area contributed by atoms with E-state index in [9.17, 15) is 0 Å². The van der Waals surface area contributed by atoms with Crippen molar-refractivity contribution in [3.05, 3.63) is 53.4 Å². The molecule has 5 aliphatic carbocycles. The molecule has 0 radical (unpaired) electrons. The third kappa shape index (κ3) is 6.72. The van der Waals surface area contributed by atoms with E-state index >= 15 is 0 Å². The van der Waals surface area contributed by atoms with Gasteiger partial charge in [0.05, 0.1) is 11.5 Å². The Balaban J connectivity index is 1.32. The molecule has 4 saturated carbocycles. The van der Waals surface area contributed by atoms with E-state index in [2.05, 4.69) is 54.1 Å². The number of aromatic nitrogens is 3. The van der Waals surface area contributed by atoms with Crippen molar-refractivity contribution in [3.63, 3.8) is 0 Å². The summed E-state index contributed by atoms with van der Waals surface area (Å²) in [5, 5.41) is 12.2. The van der Waals surface area contributed by atoms with Crippen molar-refractivity contribution in [2.75, 3.05) is 0 Å².